The van der Waals surface area contributed by atoms with Crippen LogP contribution in [0.4, 0.5) is 5.69 Å². The van der Waals surface area contributed by atoms with E-state index in [4.69, 9.17) is 4.74 Å². The third kappa shape index (κ3) is 5.78. The van der Waals surface area contributed by atoms with Crippen LogP contribution >= 0.6 is 0 Å². The highest BCUT2D eigenvalue weighted by atomic mass is 16.5. The van der Waals surface area contributed by atoms with Crippen molar-refractivity contribution >= 4 is 11.7 Å². The third-order valence-electron chi connectivity index (χ3n) is 4.27. The van der Waals surface area contributed by atoms with Crippen molar-refractivity contribution in [3.8, 4) is 0 Å². The Bertz CT molecular complexity index is 418. The van der Waals surface area contributed by atoms with E-state index in [0.717, 1.165) is 37.4 Å². The number of anilines is 1. The topological polar surface area (TPSA) is 38.3 Å². The molecule has 21 heavy (non-hydrogen) atoms. The maximum absolute atomic E-state index is 11.9. The zero-order chi connectivity index (χ0) is 14.9. The van der Waals surface area contributed by atoms with Gasteiger partial charge in [0.1, 0.15) is 6.10 Å². The molecule has 1 N–H and O–H groups in total. The van der Waals surface area contributed by atoms with Crippen LogP contribution in [0.3, 0.4) is 0 Å². The number of carbonyl (C=O) groups is 1. The summed E-state index contributed by atoms with van der Waals surface area (Å²) in [7, 11) is 0. The van der Waals surface area contributed by atoms with E-state index in [1.54, 1.807) is 0 Å². The second-order valence-electron chi connectivity index (χ2n) is 5.95. The number of benzene rings is 1. The summed E-state index contributed by atoms with van der Waals surface area (Å²) < 4.78 is 5.61. The van der Waals surface area contributed by atoms with E-state index in [0.29, 0.717) is 6.42 Å². The maximum Gasteiger partial charge on any atom is 0.306 e. The Kier molecular flexibility index (Phi) is 6.58. The summed E-state index contributed by atoms with van der Waals surface area (Å²) in [5.74, 6) is 0.711. The van der Waals surface area contributed by atoms with E-state index in [1.165, 1.54) is 19.3 Å². The predicted molar refractivity (Wildman–Crippen MR) is 86.3 cm³/mol. The summed E-state index contributed by atoms with van der Waals surface area (Å²) in [5, 5.41) is 3.31. The van der Waals surface area contributed by atoms with Gasteiger partial charge in [-0.05, 0) is 43.7 Å². The van der Waals surface area contributed by atoms with Gasteiger partial charge in [0.15, 0.2) is 0 Å². The Morgan fingerprint density at radius 2 is 2.10 bits per heavy atom. The molecule has 1 fully saturated rings. The lowest BCUT2D eigenvalue weighted by atomic mass is 9.85. The van der Waals surface area contributed by atoms with E-state index in [9.17, 15) is 4.79 Å². The van der Waals surface area contributed by atoms with Crippen molar-refractivity contribution in [1.82, 2.24) is 0 Å². The second kappa shape index (κ2) is 8.71. The lowest BCUT2D eigenvalue weighted by Crippen LogP contribution is -2.25. The third-order valence-corrected chi connectivity index (χ3v) is 4.27. The highest BCUT2D eigenvalue weighted by Gasteiger charge is 2.23. The summed E-state index contributed by atoms with van der Waals surface area (Å²) in [6.45, 7) is 3.03. The summed E-state index contributed by atoms with van der Waals surface area (Å²) in [6.07, 6.45) is 7.30. The zero-order valence-corrected chi connectivity index (χ0v) is 13.0. The van der Waals surface area contributed by atoms with Crippen LogP contribution in [-0.4, -0.2) is 18.6 Å². The van der Waals surface area contributed by atoms with Gasteiger partial charge in [0.2, 0.25) is 0 Å². The molecule has 2 unspecified atom stereocenters. The van der Waals surface area contributed by atoms with Crippen LogP contribution in [0.1, 0.15) is 51.9 Å². The van der Waals surface area contributed by atoms with Crippen LogP contribution in [0.25, 0.3) is 0 Å². The average molecular weight is 289 g/mol. The molecule has 116 valence electrons. The molecule has 3 nitrogen and oxygen atoms in total. The van der Waals surface area contributed by atoms with Gasteiger partial charge in [0.25, 0.3) is 0 Å². The van der Waals surface area contributed by atoms with Gasteiger partial charge >= 0.3 is 5.97 Å². The normalized spacial score (nSPS) is 21.8. The maximum atomic E-state index is 11.9. The molecule has 1 aromatic rings. The van der Waals surface area contributed by atoms with Crippen LogP contribution in [0.15, 0.2) is 30.3 Å². The van der Waals surface area contributed by atoms with Crippen molar-refractivity contribution in [3.63, 3.8) is 0 Å². The highest BCUT2D eigenvalue weighted by Crippen LogP contribution is 2.28. The molecular formula is C18H27NO2. The van der Waals surface area contributed by atoms with Crippen molar-refractivity contribution in [2.24, 2.45) is 5.92 Å². The Labute approximate surface area is 128 Å². The molecule has 0 amide bonds. The minimum absolute atomic E-state index is 0.0355. The average Bonchev–Trinajstić information content (AvgIpc) is 2.53. The van der Waals surface area contributed by atoms with Crippen LogP contribution < -0.4 is 5.32 Å². The molecule has 0 radical (unpaired) electrons. The molecule has 2 atom stereocenters. The van der Waals surface area contributed by atoms with Crippen molar-refractivity contribution < 1.29 is 9.53 Å². The minimum Gasteiger partial charge on any atom is -0.462 e. The first-order valence-electron chi connectivity index (χ1n) is 8.26. The number of nitrogens with one attached hydrogen (secondary N) is 1. The van der Waals surface area contributed by atoms with Gasteiger partial charge in [-0.25, -0.2) is 0 Å². The van der Waals surface area contributed by atoms with Crippen molar-refractivity contribution in [1.29, 1.82) is 0 Å². The van der Waals surface area contributed by atoms with Gasteiger partial charge in [-0.3, -0.25) is 4.79 Å². The molecule has 0 heterocycles. The lowest BCUT2D eigenvalue weighted by Gasteiger charge is -2.28. The minimum atomic E-state index is -0.0355. The molecule has 0 spiro atoms. The molecule has 1 aliphatic rings. The van der Waals surface area contributed by atoms with E-state index in [-0.39, 0.29) is 12.1 Å². The molecule has 1 saturated carbocycles. The number of ether oxygens (including phenoxy) is 1. The van der Waals surface area contributed by atoms with Crippen LogP contribution in [-0.2, 0) is 9.53 Å². The number of rotatable bonds is 7. The van der Waals surface area contributed by atoms with Gasteiger partial charge in [-0.2, -0.15) is 0 Å². The van der Waals surface area contributed by atoms with Gasteiger partial charge in [0, 0.05) is 18.7 Å². The Morgan fingerprint density at radius 3 is 2.86 bits per heavy atom. The first-order valence-corrected chi connectivity index (χ1v) is 8.26. The number of hydrogen-bond donors (Lipinski definition) is 1. The summed E-state index contributed by atoms with van der Waals surface area (Å²) in [6, 6.07) is 10.1. The molecular weight excluding hydrogens is 262 g/mol. The molecule has 1 aromatic carbocycles. The monoisotopic (exact) mass is 289 g/mol. The fourth-order valence-electron chi connectivity index (χ4n) is 2.99. The Balaban J connectivity index is 1.59. The van der Waals surface area contributed by atoms with Gasteiger partial charge in [-0.1, -0.05) is 38.0 Å². The number of carbonyl (C=O) groups excluding carboxylic acids is 1. The standard InChI is InChI=1S/C18H27NO2/c1-2-15-8-6-11-17(14-15)21-18(20)12-7-13-19-16-9-4-3-5-10-16/h3-5,9-10,15,17,19H,2,6-8,11-14H2,1H3. The van der Waals surface area contributed by atoms with Gasteiger partial charge in [0.05, 0.1) is 0 Å². The molecule has 0 bridgehead atoms. The Hall–Kier alpha value is -1.51. The number of para-hydroxylation sites is 1. The van der Waals surface area contributed by atoms with E-state index < -0.39 is 0 Å². The van der Waals surface area contributed by atoms with Crippen molar-refractivity contribution in [2.45, 2.75) is 58.0 Å². The van der Waals surface area contributed by atoms with Crippen molar-refractivity contribution in [3.05, 3.63) is 30.3 Å². The van der Waals surface area contributed by atoms with Crippen LogP contribution in [0.5, 0.6) is 0 Å². The summed E-state index contributed by atoms with van der Waals surface area (Å²) in [5.41, 5.74) is 1.10. The fourth-order valence-corrected chi connectivity index (χ4v) is 2.99. The molecule has 0 aliphatic heterocycles. The molecule has 1 aliphatic carbocycles. The summed E-state index contributed by atoms with van der Waals surface area (Å²) >= 11 is 0. The lowest BCUT2D eigenvalue weighted by molar-refractivity contribution is -0.151. The second-order valence-corrected chi connectivity index (χ2v) is 5.95. The highest BCUT2D eigenvalue weighted by molar-refractivity contribution is 5.69. The molecule has 3 heteroatoms. The largest absolute Gasteiger partial charge is 0.462 e. The van der Waals surface area contributed by atoms with E-state index in [1.807, 2.05) is 30.3 Å². The van der Waals surface area contributed by atoms with Crippen molar-refractivity contribution in [2.75, 3.05) is 11.9 Å². The zero-order valence-electron chi connectivity index (χ0n) is 13.0. The molecule has 0 aromatic heterocycles. The van der Waals surface area contributed by atoms with Gasteiger partial charge < -0.3 is 10.1 Å². The smallest absolute Gasteiger partial charge is 0.306 e. The number of hydrogen-bond acceptors (Lipinski definition) is 3. The first kappa shape index (κ1) is 15.9. The predicted octanol–water partition coefficient (Wildman–Crippen LogP) is 4.39. The molecule has 0 saturated heterocycles. The van der Waals surface area contributed by atoms with Gasteiger partial charge in [-0.15, -0.1) is 0 Å². The fraction of sp³-hybridized carbons (Fsp3) is 0.611. The number of esters is 1. The van der Waals surface area contributed by atoms with E-state index in [2.05, 4.69) is 12.2 Å². The van der Waals surface area contributed by atoms with Crippen LogP contribution in [0.2, 0.25) is 0 Å². The first-order chi connectivity index (χ1) is 10.3. The van der Waals surface area contributed by atoms with Crippen LogP contribution in [0, 0.1) is 5.92 Å². The SMILES string of the molecule is CCC1CCCC(OC(=O)CCCNc2ccccc2)C1. The molecule has 2 rings (SSSR count). The summed E-state index contributed by atoms with van der Waals surface area (Å²) in [4.78, 5) is 11.9. The Morgan fingerprint density at radius 1 is 1.29 bits per heavy atom. The quantitative estimate of drug-likeness (QED) is 0.597. The van der Waals surface area contributed by atoms with E-state index >= 15 is 0 Å².